The predicted octanol–water partition coefficient (Wildman–Crippen LogP) is 15.2. The summed E-state index contributed by atoms with van der Waals surface area (Å²) in [6.07, 6.45) is 0. The summed E-state index contributed by atoms with van der Waals surface area (Å²) in [4.78, 5) is 2.38. The number of hydrogen-bond acceptors (Lipinski definition) is 2. The molecule has 0 atom stereocenters. The third-order valence-corrected chi connectivity index (χ3v) is 11.2. The molecule has 268 valence electrons. The molecule has 2 heterocycles. The van der Waals surface area contributed by atoms with Gasteiger partial charge in [0.25, 0.3) is 0 Å². The summed E-state index contributed by atoms with van der Waals surface area (Å²) in [5.41, 5.74) is 15.4. The molecule has 0 amide bonds. The fourth-order valence-electron chi connectivity index (χ4n) is 8.70. The van der Waals surface area contributed by atoms with E-state index in [1.807, 2.05) is 12.1 Å². The summed E-state index contributed by atoms with van der Waals surface area (Å²) < 4.78 is 8.91. The predicted molar refractivity (Wildman–Crippen MR) is 239 cm³/mol. The third kappa shape index (κ3) is 5.43. The van der Waals surface area contributed by atoms with Gasteiger partial charge in [0.15, 0.2) is 0 Å². The van der Waals surface area contributed by atoms with Gasteiger partial charge in [-0.15, -0.1) is 0 Å². The summed E-state index contributed by atoms with van der Waals surface area (Å²) in [6.45, 7) is 0. The lowest BCUT2D eigenvalue weighted by atomic mass is 9.93. The van der Waals surface area contributed by atoms with Crippen LogP contribution >= 0.6 is 0 Å². The van der Waals surface area contributed by atoms with Crippen LogP contribution in [-0.4, -0.2) is 4.57 Å². The van der Waals surface area contributed by atoms with Crippen molar-refractivity contribution in [2.24, 2.45) is 0 Å². The van der Waals surface area contributed by atoms with Crippen LogP contribution in [-0.2, 0) is 0 Å². The Balaban J connectivity index is 1.05. The van der Waals surface area contributed by atoms with Crippen molar-refractivity contribution in [2.75, 3.05) is 4.90 Å². The molecule has 0 saturated carbocycles. The van der Waals surface area contributed by atoms with E-state index in [4.69, 9.17) is 4.42 Å². The van der Waals surface area contributed by atoms with Gasteiger partial charge in [0.05, 0.1) is 22.4 Å². The van der Waals surface area contributed by atoms with E-state index in [-0.39, 0.29) is 0 Å². The fourth-order valence-corrected chi connectivity index (χ4v) is 8.70. The molecule has 0 unspecified atom stereocenters. The highest BCUT2D eigenvalue weighted by atomic mass is 16.3. The minimum Gasteiger partial charge on any atom is -0.455 e. The highest BCUT2D eigenvalue weighted by Gasteiger charge is 2.21. The lowest BCUT2D eigenvalue weighted by Gasteiger charge is -2.28. The third-order valence-electron chi connectivity index (χ3n) is 11.2. The average Bonchev–Trinajstić information content (AvgIpc) is 3.84. The van der Waals surface area contributed by atoms with E-state index in [2.05, 4.69) is 216 Å². The summed E-state index contributed by atoms with van der Waals surface area (Å²) in [6, 6.07) is 78.0. The van der Waals surface area contributed by atoms with E-state index in [1.54, 1.807) is 0 Å². The molecule has 57 heavy (non-hydrogen) atoms. The maximum Gasteiger partial charge on any atom is 0.143 e. The summed E-state index contributed by atoms with van der Waals surface area (Å²) in [5.74, 6) is 0. The Hall–Kier alpha value is -7.62. The number of hydrogen-bond donors (Lipinski definition) is 0. The van der Waals surface area contributed by atoms with Gasteiger partial charge in [-0.25, -0.2) is 0 Å². The lowest BCUT2D eigenvalue weighted by molar-refractivity contribution is 0.670. The molecule has 9 aromatic carbocycles. The Bertz CT molecular complexity index is 3190. The van der Waals surface area contributed by atoms with E-state index >= 15 is 0 Å². The molecule has 2 aromatic heterocycles. The molecule has 0 radical (unpaired) electrons. The van der Waals surface area contributed by atoms with Gasteiger partial charge in [0.2, 0.25) is 0 Å². The molecular weight excluding hydrogens is 693 g/mol. The molecular formula is C54H36N2O. The summed E-state index contributed by atoms with van der Waals surface area (Å²) in [5, 5.41) is 4.76. The molecule has 0 N–H and O–H groups in total. The SMILES string of the molecule is c1ccc(N(c2ccc(-c3ccccc3-c3cccc4c3oc3ccccc34)cc2)c2ccccc2-c2ccccc2-n2c3ccccc3c3ccccc32)cc1. The second-order valence-corrected chi connectivity index (χ2v) is 14.4. The first-order valence-electron chi connectivity index (χ1n) is 19.4. The number of fused-ring (bicyclic) bond motifs is 6. The molecule has 0 spiro atoms. The Morgan fingerprint density at radius 3 is 1.61 bits per heavy atom. The van der Waals surface area contributed by atoms with Gasteiger partial charge in [-0.05, 0) is 71.3 Å². The van der Waals surface area contributed by atoms with Gasteiger partial charge in [0.1, 0.15) is 11.2 Å². The van der Waals surface area contributed by atoms with Gasteiger partial charge in [0, 0.05) is 49.6 Å². The molecule has 3 heteroatoms. The van der Waals surface area contributed by atoms with E-state index in [9.17, 15) is 0 Å². The molecule has 0 aliphatic carbocycles. The smallest absolute Gasteiger partial charge is 0.143 e. The molecule has 0 aliphatic heterocycles. The van der Waals surface area contributed by atoms with Crippen LogP contribution in [0.15, 0.2) is 223 Å². The van der Waals surface area contributed by atoms with E-state index in [0.29, 0.717) is 0 Å². The maximum atomic E-state index is 6.49. The second kappa shape index (κ2) is 13.6. The van der Waals surface area contributed by atoms with E-state index in [0.717, 1.165) is 78.1 Å². The number of anilines is 3. The van der Waals surface area contributed by atoms with E-state index < -0.39 is 0 Å². The van der Waals surface area contributed by atoms with Crippen molar-refractivity contribution in [3.8, 4) is 39.1 Å². The van der Waals surface area contributed by atoms with Gasteiger partial charge in [-0.3, -0.25) is 0 Å². The largest absolute Gasteiger partial charge is 0.455 e. The Morgan fingerprint density at radius 2 is 0.860 bits per heavy atom. The van der Waals surface area contributed by atoms with Crippen molar-refractivity contribution in [1.29, 1.82) is 0 Å². The minimum atomic E-state index is 0.903. The Kier molecular flexibility index (Phi) is 7.82. The van der Waals surface area contributed by atoms with Crippen LogP contribution in [0.2, 0.25) is 0 Å². The van der Waals surface area contributed by atoms with Crippen LogP contribution in [0.5, 0.6) is 0 Å². The number of rotatable bonds is 7. The molecule has 11 aromatic rings. The van der Waals surface area contributed by atoms with Crippen LogP contribution in [0.25, 0.3) is 82.8 Å². The van der Waals surface area contributed by atoms with Gasteiger partial charge in [-0.2, -0.15) is 0 Å². The van der Waals surface area contributed by atoms with Crippen LogP contribution < -0.4 is 4.90 Å². The minimum absolute atomic E-state index is 0.903. The number of nitrogens with zero attached hydrogens (tertiary/aromatic N) is 2. The van der Waals surface area contributed by atoms with Crippen molar-refractivity contribution in [3.63, 3.8) is 0 Å². The molecule has 3 nitrogen and oxygen atoms in total. The van der Waals surface area contributed by atoms with Crippen LogP contribution in [0.4, 0.5) is 17.1 Å². The number of furan rings is 1. The van der Waals surface area contributed by atoms with Crippen LogP contribution in [0, 0.1) is 0 Å². The van der Waals surface area contributed by atoms with Crippen LogP contribution in [0.1, 0.15) is 0 Å². The van der Waals surface area contributed by atoms with Crippen molar-refractivity contribution in [2.45, 2.75) is 0 Å². The zero-order valence-electron chi connectivity index (χ0n) is 31.1. The summed E-state index contributed by atoms with van der Waals surface area (Å²) in [7, 11) is 0. The zero-order chi connectivity index (χ0) is 37.7. The van der Waals surface area contributed by atoms with Gasteiger partial charge < -0.3 is 13.9 Å². The number of aromatic nitrogens is 1. The molecule has 0 fully saturated rings. The molecule has 0 bridgehead atoms. The first kappa shape index (κ1) is 32.8. The topological polar surface area (TPSA) is 21.3 Å². The standard InChI is InChI=1S/C54H36N2O/c1-2-17-38(18-3-1)55(39-35-33-37(34-36-39)40-19-4-5-20-41(40)47-26-16-27-48-46-25-10-15-32-53(46)57-54(47)48)49-28-11-6-21-42(49)43-22-7-12-29-50(43)56-51-30-13-8-23-44(51)45-24-9-14-31-52(45)56/h1-36H. The molecule has 0 saturated heterocycles. The second-order valence-electron chi connectivity index (χ2n) is 14.4. The number of para-hydroxylation sites is 7. The summed E-state index contributed by atoms with van der Waals surface area (Å²) >= 11 is 0. The van der Waals surface area contributed by atoms with Gasteiger partial charge >= 0.3 is 0 Å². The zero-order valence-corrected chi connectivity index (χ0v) is 31.1. The average molecular weight is 729 g/mol. The normalized spacial score (nSPS) is 11.5. The fraction of sp³-hybridized carbons (Fsp3) is 0. The van der Waals surface area contributed by atoms with Crippen LogP contribution in [0.3, 0.4) is 0 Å². The lowest BCUT2D eigenvalue weighted by Crippen LogP contribution is -2.11. The van der Waals surface area contributed by atoms with Crippen molar-refractivity contribution >= 4 is 60.8 Å². The first-order valence-corrected chi connectivity index (χ1v) is 19.4. The van der Waals surface area contributed by atoms with E-state index in [1.165, 1.54) is 21.8 Å². The Labute approximate surface area is 330 Å². The highest BCUT2D eigenvalue weighted by Crippen LogP contribution is 2.45. The first-order chi connectivity index (χ1) is 28.3. The van der Waals surface area contributed by atoms with Crippen molar-refractivity contribution in [1.82, 2.24) is 4.57 Å². The highest BCUT2D eigenvalue weighted by molar-refractivity contribution is 6.11. The van der Waals surface area contributed by atoms with Crippen molar-refractivity contribution < 1.29 is 4.42 Å². The molecule has 0 aliphatic rings. The quantitative estimate of drug-likeness (QED) is 0.163. The maximum absolute atomic E-state index is 6.49. The molecule has 11 rings (SSSR count). The van der Waals surface area contributed by atoms with Crippen molar-refractivity contribution in [3.05, 3.63) is 218 Å². The number of benzene rings is 9. The Morgan fingerprint density at radius 1 is 0.333 bits per heavy atom. The van der Waals surface area contributed by atoms with Gasteiger partial charge in [-0.1, -0.05) is 164 Å². The monoisotopic (exact) mass is 728 g/mol.